The van der Waals surface area contributed by atoms with Gasteiger partial charge in [0.25, 0.3) is 0 Å². The molecule has 88 valence electrons. The van der Waals surface area contributed by atoms with Crippen molar-refractivity contribution in [2.24, 2.45) is 7.05 Å². The third kappa shape index (κ3) is 2.39. The van der Waals surface area contributed by atoms with Crippen molar-refractivity contribution in [3.8, 4) is 5.75 Å². The Balaban J connectivity index is 2.23. The van der Waals surface area contributed by atoms with Crippen molar-refractivity contribution in [1.29, 1.82) is 0 Å². The van der Waals surface area contributed by atoms with Gasteiger partial charge in [-0.2, -0.15) is 5.10 Å². The number of ether oxygens (including phenoxy) is 1. The topological polar surface area (TPSA) is 70.1 Å². The van der Waals surface area contributed by atoms with E-state index < -0.39 is 5.97 Å². The zero-order valence-corrected chi connectivity index (χ0v) is 9.81. The lowest BCUT2D eigenvalue weighted by atomic mass is 10.3. The summed E-state index contributed by atoms with van der Waals surface area (Å²) in [5.74, 6) is -0.201. The van der Waals surface area contributed by atoms with Crippen molar-refractivity contribution >= 4 is 23.3 Å². The molecule has 2 N–H and O–H groups in total. The van der Waals surface area contributed by atoms with Crippen molar-refractivity contribution in [1.82, 2.24) is 9.78 Å². The van der Waals surface area contributed by atoms with Gasteiger partial charge in [0.15, 0.2) is 5.69 Å². The Hall–Kier alpha value is -2.01. The molecule has 6 heteroatoms. The number of nitrogens with zero attached hydrogens (tertiary/aromatic N) is 2. The van der Waals surface area contributed by atoms with Crippen LogP contribution in [0.2, 0.25) is 5.02 Å². The molecule has 0 bridgehead atoms. The first-order chi connectivity index (χ1) is 8.08. The molecule has 0 unspecified atom stereocenters. The van der Waals surface area contributed by atoms with Crippen LogP contribution in [-0.4, -0.2) is 15.7 Å². The molecule has 2 aromatic rings. The summed E-state index contributed by atoms with van der Waals surface area (Å²) in [6.07, 6.45) is 1.40. The van der Waals surface area contributed by atoms with E-state index in [0.717, 1.165) is 0 Å². The molecule has 0 saturated carbocycles. The molecule has 1 heterocycles. The molecule has 0 radical (unpaired) electrons. The van der Waals surface area contributed by atoms with Crippen LogP contribution in [0.3, 0.4) is 0 Å². The monoisotopic (exact) mass is 251 g/mol. The molecule has 5 nitrogen and oxygen atoms in total. The van der Waals surface area contributed by atoms with Crippen molar-refractivity contribution in [2.45, 2.75) is 0 Å². The molecule has 1 aromatic carbocycles. The Labute approximate surface area is 103 Å². The molecule has 0 aliphatic carbocycles. The highest BCUT2D eigenvalue weighted by Gasteiger charge is 2.17. The number of carbonyl (C=O) groups is 1. The smallest absolute Gasteiger partial charge is 0.364 e. The Morgan fingerprint density at radius 3 is 2.88 bits per heavy atom. The molecule has 0 fully saturated rings. The number of carbonyl (C=O) groups excluding carboxylic acids is 1. The minimum Gasteiger partial charge on any atom is -0.422 e. The summed E-state index contributed by atoms with van der Waals surface area (Å²) in [4.78, 5) is 11.8. The zero-order chi connectivity index (χ0) is 12.4. The number of hydrogen-bond acceptors (Lipinski definition) is 4. The summed E-state index contributed by atoms with van der Waals surface area (Å²) >= 11 is 5.78. The summed E-state index contributed by atoms with van der Waals surface area (Å²) in [5.41, 5.74) is 6.11. The number of aryl methyl sites for hydroxylation is 1. The van der Waals surface area contributed by atoms with Crippen LogP contribution < -0.4 is 10.5 Å². The second-order valence-corrected chi connectivity index (χ2v) is 3.86. The van der Waals surface area contributed by atoms with E-state index in [2.05, 4.69) is 5.10 Å². The fraction of sp³-hybridized carbons (Fsp3) is 0.0909. The van der Waals surface area contributed by atoms with Gasteiger partial charge in [0.1, 0.15) is 5.75 Å². The summed E-state index contributed by atoms with van der Waals surface area (Å²) < 4.78 is 6.50. The Morgan fingerprint density at radius 1 is 1.53 bits per heavy atom. The number of rotatable bonds is 2. The molecule has 17 heavy (non-hydrogen) atoms. The molecule has 2 rings (SSSR count). The molecule has 0 amide bonds. The van der Waals surface area contributed by atoms with Crippen molar-refractivity contribution in [3.05, 3.63) is 41.2 Å². The summed E-state index contributed by atoms with van der Waals surface area (Å²) in [7, 11) is 1.62. The molecule has 0 saturated heterocycles. The quantitative estimate of drug-likeness (QED) is 0.653. The maximum Gasteiger partial charge on any atom is 0.364 e. The third-order valence-corrected chi connectivity index (χ3v) is 2.40. The largest absolute Gasteiger partial charge is 0.422 e. The first-order valence-electron chi connectivity index (χ1n) is 4.83. The number of hydrogen-bond donors (Lipinski definition) is 1. The van der Waals surface area contributed by atoms with Crippen LogP contribution in [-0.2, 0) is 7.05 Å². The van der Waals surface area contributed by atoms with Crippen LogP contribution in [0.5, 0.6) is 5.75 Å². The standard InChI is InChI=1S/C11H10ClN3O2/c1-15-10(9(13)6-14-15)11(16)17-8-4-2-3-7(12)5-8/h2-6H,13H2,1H3. The van der Waals surface area contributed by atoms with Gasteiger partial charge < -0.3 is 10.5 Å². The van der Waals surface area contributed by atoms with E-state index in [1.54, 1.807) is 31.3 Å². The van der Waals surface area contributed by atoms with E-state index in [1.165, 1.54) is 10.9 Å². The number of aromatic nitrogens is 2. The lowest BCUT2D eigenvalue weighted by Crippen LogP contribution is -2.15. The normalized spacial score (nSPS) is 10.2. The van der Waals surface area contributed by atoms with Gasteiger partial charge >= 0.3 is 5.97 Å². The molecule has 0 aliphatic rings. The number of nitrogens with two attached hydrogens (primary N) is 1. The maximum atomic E-state index is 11.8. The Kier molecular flexibility index (Phi) is 3.01. The van der Waals surface area contributed by atoms with E-state index in [4.69, 9.17) is 22.1 Å². The fourth-order valence-corrected chi connectivity index (χ4v) is 1.57. The Morgan fingerprint density at radius 2 is 2.29 bits per heavy atom. The third-order valence-electron chi connectivity index (χ3n) is 2.17. The van der Waals surface area contributed by atoms with Crippen molar-refractivity contribution < 1.29 is 9.53 Å². The number of halogens is 1. The van der Waals surface area contributed by atoms with E-state index in [1.807, 2.05) is 0 Å². The summed E-state index contributed by atoms with van der Waals surface area (Å²) in [5, 5.41) is 4.35. The van der Waals surface area contributed by atoms with Crippen LogP contribution in [0.15, 0.2) is 30.5 Å². The number of anilines is 1. The minimum absolute atomic E-state index is 0.213. The van der Waals surface area contributed by atoms with Crippen molar-refractivity contribution in [2.75, 3.05) is 5.73 Å². The van der Waals surface area contributed by atoms with Crippen LogP contribution in [0.4, 0.5) is 5.69 Å². The highest BCUT2D eigenvalue weighted by atomic mass is 35.5. The average molecular weight is 252 g/mol. The predicted molar refractivity (Wildman–Crippen MR) is 64.0 cm³/mol. The molecular weight excluding hydrogens is 242 g/mol. The maximum absolute atomic E-state index is 11.8. The molecular formula is C11H10ClN3O2. The number of nitrogen functional groups attached to an aromatic ring is 1. The second-order valence-electron chi connectivity index (χ2n) is 3.42. The molecule has 0 spiro atoms. The van der Waals surface area contributed by atoms with E-state index in [9.17, 15) is 4.79 Å². The van der Waals surface area contributed by atoms with Crippen LogP contribution in [0.1, 0.15) is 10.5 Å². The predicted octanol–water partition coefficient (Wildman–Crippen LogP) is 1.87. The van der Waals surface area contributed by atoms with Gasteiger partial charge in [0, 0.05) is 12.1 Å². The number of benzene rings is 1. The zero-order valence-electron chi connectivity index (χ0n) is 9.05. The van der Waals surface area contributed by atoms with Gasteiger partial charge in [-0.3, -0.25) is 4.68 Å². The molecule has 0 aliphatic heterocycles. The van der Waals surface area contributed by atoms with Gasteiger partial charge in [-0.15, -0.1) is 0 Å². The minimum atomic E-state index is -0.565. The molecule has 0 atom stereocenters. The Bertz CT molecular complexity index is 546. The van der Waals surface area contributed by atoms with E-state index in [0.29, 0.717) is 10.8 Å². The first-order valence-corrected chi connectivity index (χ1v) is 5.21. The highest BCUT2D eigenvalue weighted by Crippen LogP contribution is 2.19. The van der Waals surface area contributed by atoms with Crippen LogP contribution in [0, 0.1) is 0 Å². The summed E-state index contributed by atoms with van der Waals surface area (Å²) in [6.45, 7) is 0. The second kappa shape index (κ2) is 4.47. The van der Waals surface area contributed by atoms with Crippen LogP contribution >= 0.6 is 11.6 Å². The van der Waals surface area contributed by atoms with E-state index >= 15 is 0 Å². The van der Waals surface area contributed by atoms with Gasteiger partial charge in [-0.1, -0.05) is 17.7 Å². The van der Waals surface area contributed by atoms with E-state index in [-0.39, 0.29) is 11.4 Å². The van der Waals surface area contributed by atoms with Gasteiger partial charge in [-0.25, -0.2) is 4.79 Å². The lowest BCUT2D eigenvalue weighted by Gasteiger charge is -2.05. The fourth-order valence-electron chi connectivity index (χ4n) is 1.39. The van der Waals surface area contributed by atoms with Gasteiger partial charge in [0.05, 0.1) is 11.9 Å². The van der Waals surface area contributed by atoms with Crippen molar-refractivity contribution in [3.63, 3.8) is 0 Å². The highest BCUT2D eigenvalue weighted by molar-refractivity contribution is 6.30. The molecule has 1 aromatic heterocycles. The first kappa shape index (κ1) is 11.5. The lowest BCUT2D eigenvalue weighted by molar-refractivity contribution is 0.0724. The average Bonchev–Trinajstić information content (AvgIpc) is 2.58. The SMILES string of the molecule is Cn1ncc(N)c1C(=O)Oc1cccc(Cl)c1. The van der Waals surface area contributed by atoms with Gasteiger partial charge in [0.2, 0.25) is 0 Å². The van der Waals surface area contributed by atoms with Gasteiger partial charge in [-0.05, 0) is 18.2 Å². The summed E-state index contributed by atoms with van der Waals surface area (Å²) in [6, 6.07) is 6.57. The number of esters is 1. The van der Waals surface area contributed by atoms with Crippen LogP contribution in [0.25, 0.3) is 0 Å².